The molecule has 0 aliphatic carbocycles. The molecule has 0 bridgehead atoms. The summed E-state index contributed by atoms with van der Waals surface area (Å²) in [7, 11) is 0. The van der Waals surface area contributed by atoms with Crippen LogP contribution in [0, 0.1) is 6.92 Å². The molecular formula is C9H6N2O2. The average molecular weight is 175 g/mol. The number of nitrogens with zero attached hydrogens (tertiary/aromatic N) is 2. The van der Waals surface area contributed by atoms with E-state index in [9.17, 15) is 9.59 Å². The Morgan fingerprint density at radius 2 is 2.08 bits per heavy atom. The minimum Gasteiger partial charge on any atom is -0.211 e. The standard InChI is InChI=1S/C9H6N2O2/c1-7-2-3-8(10-5-12)4-9(7)11-6-13/h2-4H,1H3/i2D. The molecule has 0 heterocycles. The molecule has 0 fully saturated rings. The first-order valence-electron chi connectivity index (χ1n) is 3.96. The van der Waals surface area contributed by atoms with Crippen molar-refractivity contribution in [1.82, 2.24) is 0 Å². The van der Waals surface area contributed by atoms with Crippen molar-refractivity contribution in [1.29, 1.82) is 0 Å². The SMILES string of the molecule is [2H]c1cc(N=C=O)cc(N=C=O)c1C. The number of isocyanates is 2. The summed E-state index contributed by atoms with van der Waals surface area (Å²) < 4.78 is 7.48. The van der Waals surface area contributed by atoms with Gasteiger partial charge in [-0.2, -0.15) is 9.98 Å². The zero-order valence-electron chi connectivity index (χ0n) is 7.87. The van der Waals surface area contributed by atoms with Crippen molar-refractivity contribution in [2.24, 2.45) is 9.98 Å². The van der Waals surface area contributed by atoms with Crippen LogP contribution in [0.15, 0.2) is 28.2 Å². The van der Waals surface area contributed by atoms with E-state index >= 15 is 0 Å². The van der Waals surface area contributed by atoms with E-state index in [1.165, 1.54) is 24.3 Å². The van der Waals surface area contributed by atoms with Crippen LogP contribution in [0.1, 0.15) is 6.93 Å². The van der Waals surface area contributed by atoms with Crippen molar-refractivity contribution >= 4 is 23.5 Å². The van der Waals surface area contributed by atoms with Crippen molar-refractivity contribution < 1.29 is 11.0 Å². The first-order chi connectivity index (χ1) is 6.69. The van der Waals surface area contributed by atoms with Gasteiger partial charge in [0.25, 0.3) is 0 Å². The molecule has 4 nitrogen and oxygen atoms in total. The highest BCUT2D eigenvalue weighted by molar-refractivity contribution is 5.61. The lowest BCUT2D eigenvalue weighted by molar-refractivity contribution is 0.565. The van der Waals surface area contributed by atoms with Crippen LogP contribution in [-0.2, 0) is 9.59 Å². The molecule has 0 aromatic heterocycles. The van der Waals surface area contributed by atoms with E-state index in [0.717, 1.165) is 0 Å². The Balaban J connectivity index is 3.41. The van der Waals surface area contributed by atoms with Crippen LogP contribution in [-0.4, -0.2) is 12.2 Å². The highest BCUT2D eigenvalue weighted by Gasteiger charge is 1.97. The maximum absolute atomic E-state index is 10.0. The van der Waals surface area contributed by atoms with E-state index in [2.05, 4.69) is 9.98 Å². The van der Waals surface area contributed by atoms with Crippen molar-refractivity contribution in [3.8, 4) is 0 Å². The second-order valence-corrected chi connectivity index (χ2v) is 2.27. The molecule has 1 aromatic rings. The topological polar surface area (TPSA) is 58.9 Å². The molecule has 0 saturated heterocycles. The van der Waals surface area contributed by atoms with Gasteiger partial charge < -0.3 is 0 Å². The van der Waals surface area contributed by atoms with Gasteiger partial charge in [-0.3, -0.25) is 0 Å². The highest BCUT2D eigenvalue weighted by atomic mass is 16.1. The maximum Gasteiger partial charge on any atom is 0.240 e. The molecule has 13 heavy (non-hydrogen) atoms. The van der Waals surface area contributed by atoms with E-state index in [4.69, 9.17) is 1.37 Å². The Hall–Kier alpha value is -2.02. The predicted molar refractivity (Wildman–Crippen MR) is 46.7 cm³/mol. The van der Waals surface area contributed by atoms with Crippen LogP contribution in [0.4, 0.5) is 11.4 Å². The van der Waals surface area contributed by atoms with E-state index in [1.807, 2.05) is 0 Å². The van der Waals surface area contributed by atoms with Gasteiger partial charge in [0.05, 0.1) is 12.7 Å². The minimum absolute atomic E-state index is 0.163. The molecule has 0 spiro atoms. The fourth-order valence-electron chi connectivity index (χ4n) is 0.829. The van der Waals surface area contributed by atoms with Gasteiger partial charge in [-0.15, -0.1) is 0 Å². The number of aliphatic imine (C=N–C) groups is 2. The van der Waals surface area contributed by atoms with Gasteiger partial charge in [-0.1, -0.05) is 6.04 Å². The van der Waals surface area contributed by atoms with Crippen LogP contribution in [0.2, 0.25) is 0 Å². The van der Waals surface area contributed by atoms with Gasteiger partial charge in [0.1, 0.15) is 0 Å². The molecule has 0 aliphatic rings. The number of hydrogen-bond acceptors (Lipinski definition) is 4. The largest absolute Gasteiger partial charge is 0.240 e. The van der Waals surface area contributed by atoms with Gasteiger partial charge in [0, 0.05) is 0 Å². The van der Waals surface area contributed by atoms with Crippen LogP contribution in [0.5, 0.6) is 0 Å². The zero-order valence-corrected chi connectivity index (χ0v) is 6.87. The van der Waals surface area contributed by atoms with Crippen molar-refractivity contribution in [2.45, 2.75) is 6.92 Å². The molecular weight excluding hydrogens is 168 g/mol. The number of carbonyl (C=O) groups excluding carboxylic acids is 2. The molecule has 64 valence electrons. The van der Waals surface area contributed by atoms with Crippen molar-refractivity contribution in [2.75, 3.05) is 0 Å². The predicted octanol–water partition coefficient (Wildman–Crippen LogP) is 1.93. The molecule has 1 aromatic carbocycles. The van der Waals surface area contributed by atoms with Gasteiger partial charge in [0.2, 0.25) is 12.2 Å². The van der Waals surface area contributed by atoms with Gasteiger partial charge >= 0.3 is 0 Å². The summed E-state index contributed by atoms with van der Waals surface area (Å²) in [6.07, 6.45) is 2.72. The summed E-state index contributed by atoms with van der Waals surface area (Å²) >= 11 is 0. The lowest BCUT2D eigenvalue weighted by Crippen LogP contribution is -1.73. The van der Waals surface area contributed by atoms with Crippen molar-refractivity contribution in [3.05, 3.63) is 23.7 Å². The Kier molecular flexibility index (Phi) is 2.41. The molecule has 0 unspecified atom stereocenters. The molecule has 1 rings (SSSR count). The number of rotatable bonds is 2. The van der Waals surface area contributed by atoms with Crippen LogP contribution >= 0.6 is 0 Å². The second kappa shape index (κ2) is 4.12. The van der Waals surface area contributed by atoms with Gasteiger partial charge in [-0.25, -0.2) is 9.59 Å². The third kappa shape index (κ3) is 2.20. The summed E-state index contributed by atoms with van der Waals surface area (Å²) in [6, 6.07) is 2.98. The van der Waals surface area contributed by atoms with Gasteiger partial charge in [-0.05, 0) is 24.6 Å². The summed E-state index contributed by atoms with van der Waals surface area (Å²) in [5.74, 6) is 0. The molecule has 0 saturated carbocycles. The lowest BCUT2D eigenvalue weighted by Gasteiger charge is -1.97. The van der Waals surface area contributed by atoms with E-state index in [-0.39, 0.29) is 11.7 Å². The molecule has 4 heteroatoms. The van der Waals surface area contributed by atoms with Gasteiger partial charge in [0.15, 0.2) is 0 Å². The van der Waals surface area contributed by atoms with Crippen LogP contribution in [0.3, 0.4) is 0 Å². The minimum atomic E-state index is 0.163. The third-order valence-electron chi connectivity index (χ3n) is 1.45. The van der Waals surface area contributed by atoms with Crippen LogP contribution < -0.4 is 0 Å². The summed E-state index contributed by atoms with van der Waals surface area (Å²) in [4.78, 5) is 26.8. The first kappa shape index (κ1) is 7.62. The van der Waals surface area contributed by atoms with E-state index in [1.54, 1.807) is 6.92 Å². The maximum atomic E-state index is 10.0. The number of benzene rings is 1. The second-order valence-electron chi connectivity index (χ2n) is 2.27. The fourth-order valence-corrected chi connectivity index (χ4v) is 0.829. The monoisotopic (exact) mass is 175 g/mol. The third-order valence-corrected chi connectivity index (χ3v) is 1.45. The smallest absolute Gasteiger partial charge is 0.211 e. The van der Waals surface area contributed by atoms with E-state index in [0.29, 0.717) is 11.3 Å². The molecule has 0 amide bonds. The summed E-state index contributed by atoms with van der Waals surface area (Å²) in [5.41, 5.74) is 1.09. The molecule has 0 radical (unpaired) electrons. The Labute approximate surface area is 76.0 Å². The Morgan fingerprint density at radius 3 is 2.69 bits per heavy atom. The lowest BCUT2D eigenvalue weighted by atomic mass is 10.2. The number of hydrogen-bond donors (Lipinski definition) is 0. The Morgan fingerprint density at radius 1 is 1.38 bits per heavy atom. The van der Waals surface area contributed by atoms with Crippen LogP contribution in [0.25, 0.3) is 0 Å². The normalized spacial score (nSPS) is 9.46. The summed E-state index contributed by atoms with van der Waals surface area (Å²) in [5, 5.41) is 0. The quantitative estimate of drug-likeness (QED) is 0.509. The average Bonchev–Trinajstić information content (AvgIpc) is 2.14. The molecule has 0 aliphatic heterocycles. The fraction of sp³-hybridized carbons (Fsp3) is 0.111. The zero-order chi connectivity index (χ0) is 10.6. The van der Waals surface area contributed by atoms with Crippen molar-refractivity contribution in [3.63, 3.8) is 0 Å². The molecule has 0 N–H and O–H groups in total. The first-order valence-corrected chi connectivity index (χ1v) is 3.46. The summed E-state index contributed by atoms with van der Waals surface area (Å²) in [6.45, 7) is 1.65. The Bertz CT molecular complexity index is 458. The van der Waals surface area contributed by atoms with E-state index < -0.39 is 0 Å². The highest BCUT2D eigenvalue weighted by Crippen LogP contribution is 2.23. The molecule has 0 atom stereocenters.